The minimum absolute atomic E-state index is 0.161. The van der Waals surface area contributed by atoms with Crippen LogP contribution in [0.2, 0.25) is 0 Å². The fourth-order valence-corrected chi connectivity index (χ4v) is 4.01. The topological polar surface area (TPSA) is 56.4 Å². The van der Waals surface area contributed by atoms with Crippen molar-refractivity contribution in [3.05, 3.63) is 30.0 Å². The summed E-state index contributed by atoms with van der Waals surface area (Å²) in [6.07, 6.45) is 3.23. The van der Waals surface area contributed by atoms with E-state index in [2.05, 4.69) is 41.9 Å². The van der Waals surface area contributed by atoms with Crippen LogP contribution in [0.1, 0.15) is 12.5 Å². The monoisotopic (exact) mass is 307 g/mol. The summed E-state index contributed by atoms with van der Waals surface area (Å²) in [5, 5.41) is 1.19. The van der Waals surface area contributed by atoms with Crippen LogP contribution in [-0.2, 0) is 10.0 Å². The summed E-state index contributed by atoms with van der Waals surface area (Å²) in [5.74, 6) is 0. The number of hydrogen-bond donors (Lipinski definition) is 1. The summed E-state index contributed by atoms with van der Waals surface area (Å²) in [5.41, 5.74) is 3.52. The number of H-pyrrole nitrogens is 1. The van der Waals surface area contributed by atoms with Crippen LogP contribution in [0, 0.1) is 6.92 Å². The average Bonchev–Trinajstić information content (AvgIpc) is 2.84. The maximum absolute atomic E-state index is 11.7. The van der Waals surface area contributed by atoms with Crippen LogP contribution in [0.25, 0.3) is 10.9 Å². The second kappa shape index (κ2) is 5.03. The van der Waals surface area contributed by atoms with E-state index in [0.29, 0.717) is 13.1 Å². The van der Waals surface area contributed by atoms with E-state index in [1.807, 2.05) is 6.20 Å². The van der Waals surface area contributed by atoms with Crippen LogP contribution in [0.5, 0.6) is 0 Å². The Balaban J connectivity index is 1.95. The van der Waals surface area contributed by atoms with Crippen molar-refractivity contribution in [2.75, 3.05) is 30.8 Å². The Morgan fingerprint density at radius 3 is 2.71 bits per heavy atom. The summed E-state index contributed by atoms with van der Waals surface area (Å²) in [6, 6.07) is 6.56. The third kappa shape index (κ3) is 2.65. The van der Waals surface area contributed by atoms with Crippen molar-refractivity contribution in [1.82, 2.24) is 9.29 Å². The molecule has 1 aromatic heterocycles. The molecule has 1 aliphatic heterocycles. The van der Waals surface area contributed by atoms with Crippen LogP contribution in [0.4, 0.5) is 5.69 Å². The Morgan fingerprint density at radius 2 is 2.05 bits per heavy atom. The molecule has 1 N–H and O–H groups in total. The molecular weight excluding hydrogens is 286 g/mol. The molecule has 2 aromatic rings. The zero-order valence-corrected chi connectivity index (χ0v) is 13.4. The molecule has 5 nitrogen and oxygen atoms in total. The first-order valence-corrected chi connectivity index (χ1v) is 9.00. The zero-order chi connectivity index (χ0) is 15.2. The highest BCUT2D eigenvalue weighted by Crippen LogP contribution is 2.31. The van der Waals surface area contributed by atoms with Gasteiger partial charge in [-0.1, -0.05) is 0 Å². The highest BCUT2D eigenvalue weighted by atomic mass is 32.2. The number of benzene rings is 1. The largest absolute Gasteiger partial charge is 0.366 e. The van der Waals surface area contributed by atoms with Crippen LogP contribution in [0.15, 0.2) is 24.4 Å². The predicted molar refractivity (Wildman–Crippen MR) is 86.3 cm³/mol. The summed E-state index contributed by atoms with van der Waals surface area (Å²) < 4.78 is 25.0. The Morgan fingerprint density at radius 1 is 1.29 bits per heavy atom. The molecule has 1 fully saturated rings. The van der Waals surface area contributed by atoms with E-state index < -0.39 is 10.0 Å². The maximum atomic E-state index is 11.7. The van der Waals surface area contributed by atoms with Gasteiger partial charge in [-0.25, -0.2) is 8.42 Å². The lowest BCUT2D eigenvalue weighted by atomic mass is 10.1. The molecule has 1 saturated heterocycles. The molecule has 114 valence electrons. The Bertz CT molecular complexity index is 766. The average molecular weight is 307 g/mol. The highest BCUT2D eigenvalue weighted by Gasteiger charge is 2.29. The minimum Gasteiger partial charge on any atom is -0.366 e. The van der Waals surface area contributed by atoms with Gasteiger partial charge in [0.2, 0.25) is 10.0 Å². The standard InChI is InChI=1S/C15H21N3O2S/c1-11-8-14-13(4-5-16-14)15(9-11)18-7-6-17(10-12(18)2)21(3,19)20/h4-5,8-9,12,16H,6-7,10H2,1-3H3/t12-/m1/s1. The molecule has 1 atom stereocenters. The lowest BCUT2D eigenvalue weighted by Gasteiger charge is -2.40. The third-order valence-electron chi connectivity index (χ3n) is 4.16. The molecule has 2 heterocycles. The van der Waals surface area contributed by atoms with Crippen molar-refractivity contribution < 1.29 is 8.42 Å². The molecule has 0 bridgehead atoms. The molecule has 0 radical (unpaired) electrons. The summed E-state index contributed by atoms with van der Waals surface area (Å²) in [4.78, 5) is 5.57. The second-order valence-electron chi connectivity index (χ2n) is 5.89. The van der Waals surface area contributed by atoms with E-state index in [0.717, 1.165) is 12.1 Å². The van der Waals surface area contributed by atoms with Crippen molar-refractivity contribution in [2.24, 2.45) is 0 Å². The first-order valence-electron chi connectivity index (χ1n) is 7.16. The van der Waals surface area contributed by atoms with E-state index in [1.165, 1.54) is 22.9 Å². The molecule has 3 rings (SSSR count). The van der Waals surface area contributed by atoms with Gasteiger partial charge in [-0.15, -0.1) is 0 Å². The maximum Gasteiger partial charge on any atom is 0.211 e. The number of piperazine rings is 1. The van der Waals surface area contributed by atoms with E-state index in [4.69, 9.17) is 0 Å². The van der Waals surface area contributed by atoms with Gasteiger partial charge < -0.3 is 9.88 Å². The van der Waals surface area contributed by atoms with Gasteiger partial charge in [0, 0.05) is 48.5 Å². The van der Waals surface area contributed by atoms with Crippen LogP contribution in [0.3, 0.4) is 0 Å². The van der Waals surface area contributed by atoms with Crippen molar-refractivity contribution in [3.63, 3.8) is 0 Å². The fraction of sp³-hybridized carbons (Fsp3) is 0.467. The van der Waals surface area contributed by atoms with Gasteiger partial charge in [0.1, 0.15) is 0 Å². The molecule has 1 aromatic carbocycles. The molecule has 0 aliphatic carbocycles. The molecule has 0 amide bonds. The zero-order valence-electron chi connectivity index (χ0n) is 12.6. The van der Waals surface area contributed by atoms with Gasteiger partial charge in [0.05, 0.1) is 6.26 Å². The minimum atomic E-state index is -3.10. The van der Waals surface area contributed by atoms with Crippen LogP contribution >= 0.6 is 0 Å². The van der Waals surface area contributed by atoms with Crippen LogP contribution < -0.4 is 4.90 Å². The lowest BCUT2D eigenvalue weighted by molar-refractivity contribution is 0.345. The van der Waals surface area contributed by atoms with E-state index in [9.17, 15) is 8.42 Å². The predicted octanol–water partition coefficient (Wildman–Crippen LogP) is 1.95. The number of aryl methyl sites for hydroxylation is 1. The number of aromatic amines is 1. The number of anilines is 1. The van der Waals surface area contributed by atoms with Crippen molar-refractivity contribution in [1.29, 1.82) is 0 Å². The summed E-state index contributed by atoms with van der Waals surface area (Å²) >= 11 is 0. The fourth-order valence-electron chi connectivity index (χ4n) is 3.11. The lowest BCUT2D eigenvalue weighted by Crippen LogP contribution is -2.53. The van der Waals surface area contributed by atoms with Gasteiger partial charge in [-0.05, 0) is 37.6 Å². The van der Waals surface area contributed by atoms with E-state index in [1.54, 1.807) is 4.31 Å². The normalized spacial score (nSPS) is 21.1. The number of nitrogens with one attached hydrogen (secondary N) is 1. The van der Waals surface area contributed by atoms with Crippen molar-refractivity contribution >= 4 is 26.6 Å². The number of fused-ring (bicyclic) bond motifs is 1. The van der Waals surface area contributed by atoms with E-state index >= 15 is 0 Å². The molecule has 0 unspecified atom stereocenters. The first-order chi connectivity index (χ1) is 9.86. The Labute approximate surface area is 125 Å². The van der Waals surface area contributed by atoms with Crippen LogP contribution in [-0.4, -0.2) is 49.6 Å². The summed E-state index contributed by atoms with van der Waals surface area (Å²) in [7, 11) is -3.10. The molecule has 0 saturated carbocycles. The smallest absolute Gasteiger partial charge is 0.211 e. The molecular formula is C15H21N3O2S. The molecule has 0 spiro atoms. The number of hydrogen-bond acceptors (Lipinski definition) is 3. The third-order valence-corrected chi connectivity index (χ3v) is 5.43. The highest BCUT2D eigenvalue weighted by molar-refractivity contribution is 7.88. The SMILES string of the molecule is Cc1cc(N2CCN(S(C)(=O)=O)C[C@H]2C)c2cc[nH]c2c1. The number of aromatic nitrogens is 1. The Kier molecular flexibility index (Phi) is 3.45. The van der Waals surface area contributed by atoms with Gasteiger partial charge >= 0.3 is 0 Å². The molecule has 6 heteroatoms. The number of nitrogens with zero attached hydrogens (tertiary/aromatic N) is 2. The quantitative estimate of drug-likeness (QED) is 0.922. The van der Waals surface area contributed by atoms with Gasteiger partial charge in [0.25, 0.3) is 0 Å². The second-order valence-corrected chi connectivity index (χ2v) is 7.87. The number of sulfonamides is 1. The van der Waals surface area contributed by atoms with Crippen molar-refractivity contribution in [3.8, 4) is 0 Å². The van der Waals surface area contributed by atoms with Gasteiger partial charge in [-0.2, -0.15) is 4.31 Å². The van der Waals surface area contributed by atoms with Gasteiger partial charge in [0.15, 0.2) is 0 Å². The first kappa shape index (κ1) is 14.4. The molecule has 1 aliphatic rings. The van der Waals surface area contributed by atoms with Gasteiger partial charge in [-0.3, -0.25) is 0 Å². The van der Waals surface area contributed by atoms with Crippen molar-refractivity contribution in [2.45, 2.75) is 19.9 Å². The van der Waals surface area contributed by atoms with E-state index in [-0.39, 0.29) is 6.04 Å². The number of rotatable bonds is 2. The molecule has 21 heavy (non-hydrogen) atoms. The summed E-state index contributed by atoms with van der Waals surface area (Å²) in [6.45, 7) is 5.97. The Hall–Kier alpha value is -1.53.